The minimum absolute atomic E-state index is 0.272. The number of rotatable bonds is 5. The summed E-state index contributed by atoms with van der Waals surface area (Å²) in [5, 5.41) is 23.5. The average Bonchev–Trinajstić information content (AvgIpc) is 3.29. The molecule has 4 rings (SSSR count). The van der Waals surface area contributed by atoms with Gasteiger partial charge in [0.05, 0.1) is 15.9 Å². The molecule has 0 atom stereocenters. The van der Waals surface area contributed by atoms with Crippen molar-refractivity contribution in [2.45, 2.75) is 6.92 Å². The topological polar surface area (TPSA) is 91.2 Å². The molecule has 136 valence electrons. The summed E-state index contributed by atoms with van der Waals surface area (Å²) < 4.78 is 1.10. The zero-order valence-electron chi connectivity index (χ0n) is 14.5. The summed E-state index contributed by atoms with van der Waals surface area (Å²) in [4.78, 5) is 17.9. The number of carboxylic acid groups (broad SMARTS) is 1. The Labute approximate surface area is 162 Å². The van der Waals surface area contributed by atoms with Crippen LogP contribution in [0.3, 0.4) is 0 Å². The van der Waals surface area contributed by atoms with Crippen molar-refractivity contribution in [3.05, 3.63) is 52.2 Å². The van der Waals surface area contributed by atoms with Crippen molar-refractivity contribution in [1.29, 1.82) is 0 Å². The fraction of sp³-hybridized carbons (Fsp3) is 0.111. The van der Waals surface area contributed by atoms with Crippen LogP contribution in [0.15, 0.2) is 41.8 Å². The monoisotopic (exact) mass is 397 g/mol. The maximum atomic E-state index is 11.3. The number of fused-ring (bicyclic) bond motifs is 1. The number of carbonyl (C=O) groups is 1. The van der Waals surface area contributed by atoms with Gasteiger partial charge in [0.1, 0.15) is 4.88 Å². The molecule has 0 spiro atoms. The van der Waals surface area contributed by atoms with Crippen LogP contribution in [0.2, 0.25) is 0 Å². The number of aromatic nitrogens is 3. The lowest BCUT2D eigenvalue weighted by Gasteiger charge is -2.18. The Balaban J connectivity index is 1.60. The van der Waals surface area contributed by atoms with E-state index in [2.05, 4.69) is 20.5 Å². The number of aromatic carboxylic acids is 1. The second-order valence-electron chi connectivity index (χ2n) is 5.85. The van der Waals surface area contributed by atoms with Crippen LogP contribution >= 0.6 is 22.7 Å². The summed E-state index contributed by atoms with van der Waals surface area (Å²) in [5.74, 6) is 0.240. The lowest BCUT2D eigenvalue weighted by Crippen LogP contribution is -2.14. The number of nitrogens with one attached hydrogen (secondary N) is 1. The van der Waals surface area contributed by atoms with Gasteiger partial charge in [-0.3, -0.25) is 0 Å². The molecule has 0 amide bonds. The van der Waals surface area contributed by atoms with Gasteiger partial charge in [-0.05, 0) is 42.1 Å². The van der Waals surface area contributed by atoms with Crippen molar-refractivity contribution in [2.75, 3.05) is 17.3 Å². The third-order valence-corrected chi connectivity index (χ3v) is 5.88. The number of aryl methyl sites for hydroxylation is 1. The molecule has 0 radical (unpaired) electrons. The largest absolute Gasteiger partial charge is 0.477 e. The van der Waals surface area contributed by atoms with E-state index in [1.54, 1.807) is 34.7 Å². The normalized spacial score (nSPS) is 10.9. The van der Waals surface area contributed by atoms with E-state index in [9.17, 15) is 9.90 Å². The molecule has 1 aromatic carbocycles. The molecule has 0 saturated carbocycles. The predicted molar refractivity (Wildman–Crippen MR) is 109 cm³/mol. The van der Waals surface area contributed by atoms with Gasteiger partial charge in [0.25, 0.3) is 0 Å². The number of anilines is 4. The number of hydrogen-bond acceptors (Lipinski definition) is 8. The highest BCUT2D eigenvalue weighted by molar-refractivity contribution is 7.22. The second-order valence-corrected chi connectivity index (χ2v) is 7.79. The molecule has 0 bridgehead atoms. The van der Waals surface area contributed by atoms with E-state index >= 15 is 0 Å². The van der Waals surface area contributed by atoms with E-state index < -0.39 is 5.97 Å². The smallest absolute Gasteiger partial charge is 0.348 e. The van der Waals surface area contributed by atoms with Crippen molar-refractivity contribution < 1.29 is 9.90 Å². The van der Waals surface area contributed by atoms with Crippen LogP contribution in [0.25, 0.3) is 10.2 Å². The number of thiazole rings is 1. The number of nitrogens with zero attached hydrogens (tertiary/aromatic N) is 4. The van der Waals surface area contributed by atoms with Gasteiger partial charge in [-0.15, -0.1) is 21.5 Å². The highest BCUT2D eigenvalue weighted by Crippen LogP contribution is 2.32. The quantitative estimate of drug-likeness (QED) is 0.506. The third kappa shape index (κ3) is 3.34. The Bertz CT molecular complexity index is 1100. The van der Waals surface area contributed by atoms with E-state index in [4.69, 9.17) is 0 Å². The Morgan fingerprint density at radius 1 is 1.22 bits per heavy atom. The Kier molecular flexibility index (Phi) is 4.46. The summed E-state index contributed by atoms with van der Waals surface area (Å²) in [7, 11) is 1.78. The molecule has 3 heterocycles. The zero-order valence-corrected chi connectivity index (χ0v) is 16.1. The van der Waals surface area contributed by atoms with E-state index in [0.29, 0.717) is 17.3 Å². The lowest BCUT2D eigenvalue weighted by molar-refractivity contribution is 0.0703. The number of para-hydroxylation sites is 1. The van der Waals surface area contributed by atoms with Crippen LogP contribution in [-0.2, 0) is 0 Å². The molecular weight excluding hydrogens is 382 g/mol. The highest BCUT2D eigenvalue weighted by Gasteiger charge is 2.18. The van der Waals surface area contributed by atoms with Gasteiger partial charge in [-0.25, -0.2) is 9.78 Å². The Morgan fingerprint density at radius 2 is 2.04 bits per heavy atom. The fourth-order valence-corrected chi connectivity index (χ4v) is 4.26. The molecule has 0 unspecified atom stereocenters. The minimum Gasteiger partial charge on any atom is -0.477 e. The first-order chi connectivity index (χ1) is 13.0. The van der Waals surface area contributed by atoms with Crippen molar-refractivity contribution in [1.82, 2.24) is 15.2 Å². The summed E-state index contributed by atoms with van der Waals surface area (Å²) in [6, 6.07) is 11.6. The molecule has 9 heteroatoms. The zero-order chi connectivity index (χ0) is 19.0. The first-order valence-corrected chi connectivity index (χ1v) is 9.74. The van der Waals surface area contributed by atoms with Crippen molar-refractivity contribution in [2.24, 2.45) is 0 Å². The molecule has 0 aliphatic carbocycles. The predicted octanol–water partition coefficient (Wildman–Crippen LogP) is 4.67. The van der Waals surface area contributed by atoms with E-state index in [-0.39, 0.29) is 4.88 Å². The molecule has 7 nitrogen and oxygen atoms in total. The van der Waals surface area contributed by atoms with Crippen LogP contribution in [0.1, 0.15) is 15.2 Å². The van der Waals surface area contributed by atoms with E-state index in [0.717, 1.165) is 20.9 Å². The molecular formula is C18H15N5O2S2. The van der Waals surface area contributed by atoms with Crippen LogP contribution < -0.4 is 10.2 Å². The molecule has 3 aromatic heterocycles. The van der Waals surface area contributed by atoms with Gasteiger partial charge in [-0.2, -0.15) is 0 Å². The van der Waals surface area contributed by atoms with Gasteiger partial charge < -0.3 is 15.3 Å². The number of thiophene rings is 1. The first kappa shape index (κ1) is 17.4. The maximum absolute atomic E-state index is 11.3. The van der Waals surface area contributed by atoms with Crippen LogP contribution in [-0.4, -0.2) is 33.3 Å². The molecule has 0 fully saturated rings. The molecule has 0 aliphatic rings. The van der Waals surface area contributed by atoms with Gasteiger partial charge in [0.15, 0.2) is 16.8 Å². The third-order valence-electron chi connectivity index (χ3n) is 4.03. The average molecular weight is 397 g/mol. The van der Waals surface area contributed by atoms with Gasteiger partial charge in [0, 0.05) is 7.05 Å². The van der Waals surface area contributed by atoms with Crippen LogP contribution in [0, 0.1) is 6.92 Å². The molecule has 0 aliphatic heterocycles. The molecule has 4 aromatic rings. The summed E-state index contributed by atoms with van der Waals surface area (Å²) >= 11 is 2.73. The van der Waals surface area contributed by atoms with Gasteiger partial charge in [0.2, 0.25) is 0 Å². The number of hydrogen-bond donors (Lipinski definition) is 2. The van der Waals surface area contributed by atoms with Crippen molar-refractivity contribution >= 4 is 61.3 Å². The van der Waals surface area contributed by atoms with Crippen LogP contribution in [0.5, 0.6) is 0 Å². The highest BCUT2D eigenvalue weighted by atomic mass is 32.1. The molecule has 0 saturated heterocycles. The van der Waals surface area contributed by atoms with Crippen molar-refractivity contribution in [3.63, 3.8) is 0 Å². The lowest BCUT2D eigenvalue weighted by atomic mass is 10.3. The molecule has 2 N–H and O–H groups in total. The second kappa shape index (κ2) is 6.93. The first-order valence-electron chi connectivity index (χ1n) is 8.04. The number of carboxylic acids is 1. The Hall–Kier alpha value is -3.04. The fourth-order valence-electron chi connectivity index (χ4n) is 2.64. The van der Waals surface area contributed by atoms with Crippen molar-refractivity contribution in [3.8, 4) is 0 Å². The van der Waals surface area contributed by atoms with Gasteiger partial charge in [-0.1, -0.05) is 23.5 Å². The van der Waals surface area contributed by atoms with E-state index in [1.807, 2.05) is 37.3 Å². The number of benzene rings is 1. The standard InChI is InChI=1S/C18H15N5O2S2/c1-10-9-14(23(2)12-7-8-26-15(12)17(24)25)21-22-16(10)20-18-19-11-5-3-4-6-13(11)27-18/h3-9H,1-2H3,(H,24,25)(H,19,20,22). The minimum atomic E-state index is -0.953. The SMILES string of the molecule is Cc1cc(N(C)c2ccsc2C(=O)O)nnc1Nc1nc2ccccc2s1. The summed E-state index contributed by atoms with van der Waals surface area (Å²) in [6.45, 7) is 1.92. The van der Waals surface area contributed by atoms with E-state index in [1.165, 1.54) is 11.3 Å². The Morgan fingerprint density at radius 3 is 2.78 bits per heavy atom. The van der Waals surface area contributed by atoms with Gasteiger partial charge >= 0.3 is 5.97 Å². The maximum Gasteiger partial charge on any atom is 0.348 e. The molecule has 27 heavy (non-hydrogen) atoms. The summed E-state index contributed by atoms with van der Waals surface area (Å²) in [6.07, 6.45) is 0. The summed E-state index contributed by atoms with van der Waals surface area (Å²) in [5.41, 5.74) is 2.41. The van der Waals surface area contributed by atoms with Crippen LogP contribution in [0.4, 0.5) is 22.5 Å².